The molecule has 2 heterocycles. The van der Waals surface area contributed by atoms with Gasteiger partial charge in [0.15, 0.2) is 11.4 Å². The van der Waals surface area contributed by atoms with Crippen molar-refractivity contribution in [1.29, 1.82) is 5.26 Å². The Bertz CT molecular complexity index is 346. The van der Waals surface area contributed by atoms with Gasteiger partial charge in [-0.3, -0.25) is 0 Å². The second-order valence-electron chi connectivity index (χ2n) is 2.86. The van der Waals surface area contributed by atoms with Crippen LogP contribution in [0.3, 0.4) is 0 Å². The van der Waals surface area contributed by atoms with Crippen LogP contribution in [0.15, 0.2) is 18.3 Å². The zero-order valence-electron chi connectivity index (χ0n) is 7.43. The molecule has 5 heteroatoms. The molecule has 0 saturated carbocycles. The molecule has 0 spiro atoms. The molecule has 74 valence electrons. The minimum atomic E-state index is 0. The minimum absolute atomic E-state index is 0. The molecule has 1 aliphatic rings. The monoisotopic (exact) mass is 211 g/mol. The third-order valence-corrected chi connectivity index (χ3v) is 1.91. The number of ether oxygens (including phenoxy) is 1. The van der Waals surface area contributed by atoms with Gasteiger partial charge in [0.25, 0.3) is 0 Å². The maximum Gasteiger partial charge on any atom is 0.182 e. The van der Waals surface area contributed by atoms with Crippen molar-refractivity contribution in [2.75, 3.05) is 13.1 Å². The van der Waals surface area contributed by atoms with Crippen LogP contribution in [-0.2, 0) is 0 Å². The van der Waals surface area contributed by atoms with Gasteiger partial charge in [-0.1, -0.05) is 0 Å². The van der Waals surface area contributed by atoms with Gasteiger partial charge < -0.3 is 10.1 Å². The molecular weight excluding hydrogens is 202 g/mol. The number of halogens is 1. The highest BCUT2D eigenvalue weighted by Gasteiger charge is 2.19. The zero-order valence-corrected chi connectivity index (χ0v) is 8.25. The van der Waals surface area contributed by atoms with E-state index in [4.69, 9.17) is 10.00 Å². The molecule has 14 heavy (non-hydrogen) atoms. The summed E-state index contributed by atoms with van der Waals surface area (Å²) in [5.74, 6) is 0.580. The molecule has 1 saturated heterocycles. The largest absolute Gasteiger partial charge is 0.485 e. The van der Waals surface area contributed by atoms with Gasteiger partial charge in [-0.25, -0.2) is 4.98 Å². The lowest BCUT2D eigenvalue weighted by Gasteiger charge is -2.27. The van der Waals surface area contributed by atoms with Gasteiger partial charge in [0.1, 0.15) is 12.2 Å². The summed E-state index contributed by atoms with van der Waals surface area (Å²) in [6.45, 7) is 1.69. The van der Waals surface area contributed by atoms with Crippen LogP contribution in [0.4, 0.5) is 0 Å². The van der Waals surface area contributed by atoms with Gasteiger partial charge in [0, 0.05) is 19.3 Å². The third-order valence-electron chi connectivity index (χ3n) is 1.91. The maximum absolute atomic E-state index is 8.71. The van der Waals surface area contributed by atoms with Crippen molar-refractivity contribution in [2.24, 2.45) is 0 Å². The van der Waals surface area contributed by atoms with Gasteiger partial charge in [0.05, 0.1) is 0 Å². The molecule has 1 aliphatic heterocycles. The molecule has 0 aromatic carbocycles. The first-order chi connectivity index (χ1) is 6.40. The average molecular weight is 212 g/mol. The molecule has 0 atom stereocenters. The van der Waals surface area contributed by atoms with Crippen molar-refractivity contribution in [3.63, 3.8) is 0 Å². The summed E-state index contributed by atoms with van der Waals surface area (Å²) in [7, 11) is 0. The first-order valence-electron chi connectivity index (χ1n) is 4.12. The van der Waals surface area contributed by atoms with Crippen LogP contribution in [0.2, 0.25) is 0 Å². The van der Waals surface area contributed by atoms with E-state index in [9.17, 15) is 0 Å². The second kappa shape index (κ2) is 4.80. The van der Waals surface area contributed by atoms with E-state index in [2.05, 4.69) is 10.3 Å². The molecule has 1 N–H and O–H groups in total. The fourth-order valence-electron chi connectivity index (χ4n) is 1.09. The molecule has 0 unspecified atom stereocenters. The smallest absolute Gasteiger partial charge is 0.182 e. The summed E-state index contributed by atoms with van der Waals surface area (Å²) >= 11 is 0. The maximum atomic E-state index is 8.71. The highest BCUT2D eigenvalue weighted by atomic mass is 35.5. The van der Waals surface area contributed by atoms with Crippen molar-refractivity contribution < 1.29 is 4.74 Å². The van der Waals surface area contributed by atoms with Gasteiger partial charge in [-0.15, -0.1) is 12.4 Å². The van der Waals surface area contributed by atoms with E-state index in [1.165, 1.54) is 0 Å². The number of aromatic nitrogens is 1. The summed E-state index contributed by atoms with van der Waals surface area (Å²) < 4.78 is 5.52. The Hall–Kier alpha value is -1.31. The summed E-state index contributed by atoms with van der Waals surface area (Å²) in [6.07, 6.45) is 1.78. The number of pyridine rings is 1. The Labute approximate surface area is 88.3 Å². The number of rotatable bonds is 2. The van der Waals surface area contributed by atoms with Crippen molar-refractivity contribution in [1.82, 2.24) is 10.3 Å². The van der Waals surface area contributed by atoms with Gasteiger partial charge in [0.2, 0.25) is 0 Å². The first-order valence-corrected chi connectivity index (χ1v) is 4.12. The fourth-order valence-corrected chi connectivity index (χ4v) is 1.09. The molecular formula is C9H10ClN3O. The molecule has 0 amide bonds. The van der Waals surface area contributed by atoms with E-state index in [-0.39, 0.29) is 18.5 Å². The molecule has 0 bridgehead atoms. The molecule has 1 aromatic rings. The first kappa shape index (κ1) is 10.8. The number of nitrogens with one attached hydrogen (secondary N) is 1. The van der Waals surface area contributed by atoms with Crippen molar-refractivity contribution in [3.05, 3.63) is 24.0 Å². The normalized spacial score (nSPS) is 14.8. The Morgan fingerprint density at radius 2 is 2.36 bits per heavy atom. The van der Waals surface area contributed by atoms with Crippen molar-refractivity contribution in [2.45, 2.75) is 6.10 Å². The van der Waals surface area contributed by atoms with Crippen LogP contribution in [0, 0.1) is 11.3 Å². The van der Waals surface area contributed by atoms with E-state index in [0.29, 0.717) is 11.4 Å². The summed E-state index contributed by atoms with van der Waals surface area (Å²) in [5, 5.41) is 11.8. The van der Waals surface area contributed by atoms with Gasteiger partial charge in [-0.05, 0) is 12.1 Å². The van der Waals surface area contributed by atoms with E-state index in [1.54, 1.807) is 18.3 Å². The molecule has 1 aromatic heterocycles. The lowest BCUT2D eigenvalue weighted by Crippen LogP contribution is -2.50. The summed E-state index contributed by atoms with van der Waals surface area (Å²) in [4.78, 5) is 3.90. The van der Waals surface area contributed by atoms with Crippen molar-refractivity contribution in [3.8, 4) is 11.8 Å². The molecule has 0 radical (unpaired) electrons. The predicted molar refractivity (Wildman–Crippen MR) is 53.5 cm³/mol. The van der Waals surface area contributed by atoms with Crippen LogP contribution >= 0.6 is 12.4 Å². The summed E-state index contributed by atoms with van der Waals surface area (Å²) in [6, 6.07) is 5.53. The number of nitriles is 1. The van der Waals surface area contributed by atoms with E-state index in [1.807, 2.05) is 6.07 Å². The number of nitrogens with zero attached hydrogens (tertiary/aromatic N) is 2. The van der Waals surface area contributed by atoms with E-state index < -0.39 is 0 Å². The summed E-state index contributed by atoms with van der Waals surface area (Å²) in [5.41, 5.74) is 0.356. The lowest BCUT2D eigenvalue weighted by atomic mass is 10.2. The van der Waals surface area contributed by atoms with E-state index in [0.717, 1.165) is 13.1 Å². The quantitative estimate of drug-likeness (QED) is 0.784. The SMILES string of the molecule is Cl.N#Cc1ncccc1OC1CNC1. The predicted octanol–water partition coefficient (Wildman–Crippen LogP) is 0.726. The molecule has 2 rings (SSSR count). The van der Waals surface area contributed by atoms with E-state index >= 15 is 0 Å². The average Bonchev–Trinajstić information content (AvgIpc) is 2.12. The van der Waals surface area contributed by atoms with Crippen LogP contribution in [0.1, 0.15) is 5.69 Å². The Balaban J connectivity index is 0.000000980. The molecule has 1 fully saturated rings. The number of hydrogen-bond acceptors (Lipinski definition) is 4. The fraction of sp³-hybridized carbons (Fsp3) is 0.333. The molecule has 4 nitrogen and oxygen atoms in total. The second-order valence-corrected chi connectivity index (χ2v) is 2.86. The Morgan fingerprint density at radius 3 is 2.93 bits per heavy atom. The minimum Gasteiger partial charge on any atom is -0.485 e. The van der Waals surface area contributed by atoms with Crippen LogP contribution in [0.25, 0.3) is 0 Å². The van der Waals surface area contributed by atoms with Crippen LogP contribution in [-0.4, -0.2) is 24.2 Å². The number of hydrogen-bond donors (Lipinski definition) is 1. The highest BCUT2D eigenvalue weighted by molar-refractivity contribution is 5.85. The Morgan fingerprint density at radius 1 is 1.57 bits per heavy atom. The lowest BCUT2D eigenvalue weighted by molar-refractivity contribution is 0.141. The standard InChI is InChI=1S/C9H9N3O.ClH/c10-4-8-9(2-1-3-12-8)13-7-5-11-6-7;/h1-3,7,11H,5-6H2;1H. The Kier molecular flexibility index (Phi) is 3.69. The topological polar surface area (TPSA) is 57.9 Å². The zero-order chi connectivity index (χ0) is 9.10. The van der Waals surface area contributed by atoms with Gasteiger partial charge in [-0.2, -0.15) is 5.26 Å². The van der Waals surface area contributed by atoms with Gasteiger partial charge >= 0.3 is 0 Å². The molecule has 0 aliphatic carbocycles. The van der Waals surface area contributed by atoms with Crippen LogP contribution in [0.5, 0.6) is 5.75 Å². The van der Waals surface area contributed by atoms with Crippen molar-refractivity contribution >= 4 is 12.4 Å². The van der Waals surface area contributed by atoms with Crippen LogP contribution < -0.4 is 10.1 Å². The highest BCUT2D eigenvalue weighted by Crippen LogP contribution is 2.16. The third kappa shape index (κ3) is 2.13.